The molecule has 0 radical (unpaired) electrons. The van der Waals surface area contributed by atoms with E-state index in [0.717, 1.165) is 16.0 Å². The van der Waals surface area contributed by atoms with Crippen LogP contribution in [0.4, 0.5) is 4.79 Å². The molecule has 202 valence electrons. The Morgan fingerprint density at radius 2 is 1.74 bits per heavy atom. The van der Waals surface area contributed by atoms with E-state index >= 15 is 0 Å². The first-order valence-corrected chi connectivity index (χ1v) is 12.1. The summed E-state index contributed by atoms with van der Waals surface area (Å²) in [5.74, 6) is -2.02. The van der Waals surface area contributed by atoms with Crippen molar-refractivity contribution < 1.29 is 28.7 Å². The van der Waals surface area contributed by atoms with Crippen LogP contribution < -0.4 is 10.6 Å². The maximum atomic E-state index is 14.0. The van der Waals surface area contributed by atoms with Crippen LogP contribution >= 0.6 is 0 Å². The quantitative estimate of drug-likeness (QED) is 0.361. The Morgan fingerprint density at radius 1 is 1.05 bits per heavy atom. The number of carbonyl (C=O) groups is 4. The number of alkyl carbamates (subject to hydrolysis) is 1. The van der Waals surface area contributed by atoms with Gasteiger partial charge in [0, 0.05) is 6.42 Å². The monoisotopic (exact) mass is 522 g/mol. The standard InChI is InChI=1S/C28H34N4O6/c1-19-10-9-13-21(16-19)24(25(34)30-18-23(33)37-5)32(15-14-29)26(35)22(17-20-11-7-6-8-12-20)31-27(36)38-28(2,3)4/h6-13,16,22,24H,15,17-18H2,1-5H3,(H,30,34)(H,31,36). The zero-order valence-electron chi connectivity index (χ0n) is 22.3. The molecule has 0 aromatic heterocycles. The molecule has 0 bridgehead atoms. The van der Waals surface area contributed by atoms with Crippen molar-refractivity contribution in [1.29, 1.82) is 5.26 Å². The van der Waals surface area contributed by atoms with E-state index in [-0.39, 0.29) is 6.42 Å². The second kappa shape index (κ2) is 13.8. The summed E-state index contributed by atoms with van der Waals surface area (Å²) in [6.45, 7) is 6.04. The Hall–Kier alpha value is -4.39. The Bertz CT molecular complexity index is 1170. The average molecular weight is 523 g/mol. The highest BCUT2D eigenvalue weighted by molar-refractivity contribution is 5.93. The average Bonchev–Trinajstić information content (AvgIpc) is 2.85. The topological polar surface area (TPSA) is 138 Å². The summed E-state index contributed by atoms with van der Waals surface area (Å²) in [5.41, 5.74) is 1.20. The van der Waals surface area contributed by atoms with E-state index in [2.05, 4.69) is 15.4 Å². The van der Waals surface area contributed by atoms with Gasteiger partial charge in [-0.15, -0.1) is 0 Å². The number of hydrogen-bond acceptors (Lipinski definition) is 7. The second-order valence-corrected chi connectivity index (χ2v) is 9.62. The second-order valence-electron chi connectivity index (χ2n) is 9.62. The van der Waals surface area contributed by atoms with Gasteiger partial charge in [-0.25, -0.2) is 4.79 Å². The predicted molar refractivity (Wildman–Crippen MR) is 140 cm³/mol. The minimum Gasteiger partial charge on any atom is -0.468 e. The molecule has 10 heteroatoms. The van der Waals surface area contributed by atoms with Crippen LogP contribution in [0.3, 0.4) is 0 Å². The van der Waals surface area contributed by atoms with Crippen molar-refractivity contribution in [1.82, 2.24) is 15.5 Å². The minimum absolute atomic E-state index is 0.0885. The Labute approximate surface area is 222 Å². The Balaban J connectivity index is 2.50. The lowest BCUT2D eigenvalue weighted by molar-refractivity contribution is -0.144. The highest BCUT2D eigenvalue weighted by Crippen LogP contribution is 2.24. The van der Waals surface area contributed by atoms with Gasteiger partial charge in [0.25, 0.3) is 0 Å². The fraction of sp³-hybridized carbons (Fsp3) is 0.393. The third-order valence-corrected chi connectivity index (χ3v) is 5.35. The molecule has 0 fully saturated rings. The first kappa shape index (κ1) is 29.8. The number of nitrogens with zero attached hydrogens (tertiary/aromatic N) is 2. The molecule has 0 heterocycles. The molecule has 0 aliphatic rings. The van der Waals surface area contributed by atoms with Crippen molar-refractivity contribution in [2.45, 2.75) is 51.8 Å². The molecule has 2 aromatic rings. The SMILES string of the molecule is COC(=O)CNC(=O)C(c1cccc(C)c1)N(CC#N)C(=O)C(Cc1ccccc1)NC(=O)OC(C)(C)C. The smallest absolute Gasteiger partial charge is 0.408 e. The van der Waals surface area contributed by atoms with E-state index in [1.165, 1.54) is 7.11 Å². The van der Waals surface area contributed by atoms with E-state index in [0.29, 0.717) is 5.56 Å². The summed E-state index contributed by atoms with van der Waals surface area (Å²) in [4.78, 5) is 52.8. The molecule has 2 unspecified atom stereocenters. The van der Waals surface area contributed by atoms with E-state index in [1.54, 1.807) is 63.2 Å². The van der Waals surface area contributed by atoms with Crippen LogP contribution in [-0.4, -0.2) is 60.6 Å². The molecule has 3 amide bonds. The Morgan fingerprint density at radius 3 is 2.32 bits per heavy atom. The number of carbonyl (C=O) groups excluding carboxylic acids is 4. The molecule has 2 rings (SSSR count). The molecule has 0 saturated carbocycles. The fourth-order valence-corrected chi connectivity index (χ4v) is 3.71. The van der Waals surface area contributed by atoms with E-state index in [4.69, 9.17) is 4.74 Å². The molecule has 0 aliphatic carbocycles. The number of rotatable bonds is 10. The highest BCUT2D eigenvalue weighted by Gasteiger charge is 2.36. The van der Waals surface area contributed by atoms with Crippen LogP contribution in [0.15, 0.2) is 54.6 Å². The highest BCUT2D eigenvalue weighted by atomic mass is 16.6. The Kier molecular flexibility index (Phi) is 10.8. The van der Waals surface area contributed by atoms with Crippen molar-refractivity contribution >= 4 is 23.9 Å². The van der Waals surface area contributed by atoms with Crippen molar-refractivity contribution in [3.63, 3.8) is 0 Å². The predicted octanol–water partition coefficient (Wildman–Crippen LogP) is 2.81. The summed E-state index contributed by atoms with van der Waals surface area (Å²) in [5, 5.41) is 14.7. The number of aryl methyl sites for hydroxylation is 1. The number of esters is 1. The molecular weight excluding hydrogens is 488 g/mol. The lowest BCUT2D eigenvalue weighted by Crippen LogP contribution is -2.54. The number of amides is 3. The summed E-state index contributed by atoms with van der Waals surface area (Å²) >= 11 is 0. The van der Waals surface area contributed by atoms with Crippen LogP contribution in [0.25, 0.3) is 0 Å². The van der Waals surface area contributed by atoms with Gasteiger partial charge in [-0.2, -0.15) is 5.26 Å². The van der Waals surface area contributed by atoms with Crippen molar-refractivity contribution in [2.24, 2.45) is 0 Å². The number of nitriles is 1. The zero-order valence-corrected chi connectivity index (χ0v) is 22.3. The molecule has 2 N–H and O–H groups in total. The lowest BCUT2D eigenvalue weighted by Gasteiger charge is -2.33. The molecule has 10 nitrogen and oxygen atoms in total. The molecule has 2 atom stereocenters. The summed E-state index contributed by atoms with van der Waals surface area (Å²) < 4.78 is 9.97. The van der Waals surface area contributed by atoms with Crippen molar-refractivity contribution in [2.75, 3.05) is 20.2 Å². The third kappa shape index (κ3) is 9.24. The molecule has 2 aromatic carbocycles. The lowest BCUT2D eigenvalue weighted by atomic mass is 9.99. The van der Waals surface area contributed by atoms with Gasteiger partial charge in [0.1, 0.15) is 30.8 Å². The van der Waals surface area contributed by atoms with Gasteiger partial charge in [0.05, 0.1) is 13.2 Å². The fourth-order valence-electron chi connectivity index (χ4n) is 3.71. The molecule has 0 aliphatic heterocycles. The van der Waals surface area contributed by atoms with Gasteiger partial charge in [-0.3, -0.25) is 14.4 Å². The van der Waals surface area contributed by atoms with Gasteiger partial charge < -0.3 is 25.0 Å². The van der Waals surface area contributed by atoms with E-state index in [1.807, 2.05) is 25.1 Å². The van der Waals surface area contributed by atoms with Crippen LogP contribution in [0.2, 0.25) is 0 Å². The van der Waals surface area contributed by atoms with Crippen molar-refractivity contribution in [3.8, 4) is 6.07 Å². The van der Waals surface area contributed by atoms with Gasteiger partial charge >= 0.3 is 12.1 Å². The number of hydrogen-bond donors (Lipinski definition) is 2. The van der Waals surface area contributed by atoms with Gasteiger partial charge in [0.15, 0.2) is 0 Å². The number of ether oxygens (including phenoxy) is 2. The van der Waals surface area contributed by atoms with Crippen molar-refractivity contribution in [3.05, 3.63) is 71.3 Å². The molecule has 0 spiro atoms. The number of methoxy groups -OCH3 is 1. The summed E-state index contributed by atoms with van der Waals surface area (Å²) in [7, 11) is 1.19. The zero-order chi connectivity index (χ0) is 28.3. The van der Waals surface area contributed by atoms with Crippen LogP contribution in [0, 0.1) is 18.3 Å². The first-order valence-electron chi connectivity index (χ1n) is 12.1. The normalized spacial score (nSPS) is 12.3. The number of nitrogens with one attached hydrogen (secondary N) is 2. The number of benzene rings is 2. The summed E-state index contributed by atoms with van der Waals surface area (Å²) in [6.07, 6.45) is -0.725. The molecular formula is C28H34N4O6. The first-order chi connectivity index (χ1) is 17.9. The van der Waals surface area contributed by atoms with E-state index < -0.39 is 54.7 Å². The van der Waals surface area contributed by atoms with Crippen LogP contribution in [0.1, 0.15) is 43.5 Å². The van der Waals surface area contributed by atoms with Gasteiger partial charge in [-0.1, -0.05) is 60.2 Å². The van der Waals surface area contributed by atoms with Crippen LogP contribution in [-0.2, 0) is 30.3 Å². The largest absolute Gasteiger partial charge is 0.468 e. The maximum absolute atomic E-state index is 14.0. The summed E-state index contributed by atoms with van der Waals surface area (Å²) in [6, 6.07) is 15.5. The van der Waals surface area contributed by atoms with Gasteiger partial charge in [-0.05, 0) is 38.8 Å². The molecule has 0 saturated heterocycles. The third-order valence-electron chi connectivity index (χ3n) is 5.35. The molecule has 38 heavy (non-hydrogen) atoms. The van der Waals surface area contributed by atoms with Crippen LogP contribution in [0.5, 0.6) is 0 Å². The van der Waals surface area contributed by atoms with Gasteiger partial charge in [0.2, 0.25) is 11.8 Å². The minimum atomic E-state index is -1.26. The maximum Gasteiger partial charge on any atom is 0.408 e. The van der Waals surface area contributed by atoms with E-state index in [9.17, 15) is 24.4 Å².